The summed E-state index contributed by atoms with van der Waals surface area (Å²) in [6, 6.07) is 17.5. The van der Waals surface area contributed by atoms with E-state index in [0.29, 0.717) is 12.1 Å². The van der Waals surface area contributed by atoms with Gasteiger partial charge < -0.3 is 14.5 Å². The second-order valence-corrected chi connectivity index (χ2v) is 6.81. The summed E-state index contributed by atoms with van der Waals surface area (Å²) >= 11 is 0. The lowest BCUT2D eigenvalue weighted by atomic mass is 10.1. The Morgan fingerprint density at radius 1 is 1.19 bits per heavy atom. The zero-order valence-electron chi connectivity index (χ0n) is 15.6. The Labute approximate surface area is 159 Å². The first-order valence-electron chi connectivity index (χ1n) is 9.27. The third-order valence-electron chi connectivity index (χ3n) is 5.01. The summed E-state index contributed by atoms with van der Waals surface area (Å²) in [7, 11) is 1.83. The van der Waals surface area contributed by atoms with Gasteiger partial charge in [0.05, 0.1) is 24.3 Å². The van der Waals surface area contributed by atoms with Crippen molar-refractivity contribution in [3.8, 4) is 5.75 Å². The molecule has 27 heavy (non-hydrogen) atoms. The highest BCUT2D eigenvalue weighted by molar-refractivity contribution is 6.06. The summed E-state index contributed by atoms with van der Waals surface area (Å²) in [6.45, 7) is 4.34. The lowest BCUT2D eigenvalue weighted by Crippen LogP contribution is -2.46. The van der Waals surface area contributed by atoms with Crippen molar-refractivity contribution in [2.75, 3.05) is 31.6 Å². The molecule has 2 heterocycles. The summed E-state index contributed by atoms with van der Waals surface area (Å²) in [5.41, 5.74) is 2.62. The van der Waals surface area contributed by atoms with Gasteiger partial charge in [-0.25, -0.2) is 0 Å². The van der Waals surface area contributed by atoms with E-state index in [1.54, 1.807) is 11.1 Å². The van der Waals surface area contributed by atoms with E-state index >= 15 is 0 Å². The number of carbonyl (C=O) groups is 1. The van der Waals surface area contributed by atoms with Crippen LogP contribution < -0.4 is 9.64 Å². The zero-order valence-corrected chi connectivity index (χ0v) is 15.6. The van der Waals surface area contributed by atoms with Crippen molar-refractivity contribution in [3.63, 3.8) is 0 Å². The van der Waals surface area contributed by atoms with E-state index in [1.165, 1.54) is 0 Å². The Hall–Kier alpha value is -3.08. The van der Waals surface area contributed by atoms with Crippen LogP contribution in [0.5, 0.6) is 5.75 Å². The highest BCUT2D eigenvalue weighted by atomic mass is 16.5. The Morgan fingerprint density at radius 3 is 2.89 bits per heavy atom. The van der Waals surface area contributed by atoms with Gasteiger partial charge in [-0.05, 0) is 37.3 Å². The molecule has 2 aromatic carbocycles. The quantitative estimate of drug-likeness (QED) is 0.712. The molecule has 3 aromatic rings. The molecule has 1 aromatic heterocycles. The maximum atomic E-state index is 13.1. The molecule has 1 atom stereocenters. The van der Waals surface area contributed by atoms with Crippen molar-refractivity contribution in [2.45, 2.75) is 13.0 Å². The third-order valence-corrected chi connectivity index (χ3v) is 5.01. The van der Waals surface area contributed by atoms with Crippen LogP contribution in [0.4, 0.5) is 5.69 Å². The summed E-state index contributed by atoms with van der Waals surface area (Å²) in [6.07, 6.45) is 1.68. The van der Waals surface area contributed by atoms with Crippen molar-refractivity contribution in [1.82, 2.24) is 9.88 Å². The molecule has 0 aliphatic carbocycles. The van der Waals surface area contributed by atoms with Gasteiger partial charge in [-0.1, -0.05) is 24.3 Å². The van der Waals surface area contributed by atoms with Crippen molar-refractivity contribution in [1.29, 1.82) is 0 Å². The first-order valence-corrected chi connectivity index (χ1v) is 9.27. The number of nitrogens with zero attached hydrogens (tertiary/aromatic N) is 3. The number of benzene rings is 2. The molecule has 0 bridgehead atoms. The van der Waals surface area contributed by atoms with Crippen LogP contribution >= 0.6 is 0 Å². The van der Waals surface area contributed by atoms with Gasteiger partial charge in [0.25, 0.3) is 5.91 Å². The molecular weight excluding hydrogens is 338 g/mol. The fourth-order valence-electron chi connectivity index (χ4n) is 3.66. The number of likely N-dealkylation sites (N-methyl/N-ethyl adjacent to an activating group) is 2. The molecule has 5 heteroatoms. The van der Waals surface area contributed by atoms with Crippen LogP contribution in [-0.2, 0) is 0 Å². The molecule has 5 nitrogen and oxygen atoms in total. The van der Waals surface area contributed by atoms with E-state index in [4.69, 9.17) is 4.74 Å². The summed E-state index contributed by atoms with van der Waals surface area (Å²) in [5.74, 6) is 0.866. The Kier molecular flexibility index (Phi) is 4.67. The highest BCUT2D eigenvalue weighted by Crippen LogP contribution is 2.33. The minimum Gasteiger partial charge on any atom is -0.485 e. The van der Waals surface area contributed by atoms with Gasteiger partial charge in [0.1, 0.15) is 11.9 Å². The second-order valence-electron chi connectivity index (χ2n) is 6.81. The third kappa shape index (κ3) is 3.33. The minimum atomic E-state index is -0.0677. The fraction of sp³-hybridized carbons (Fsp3) is 0.273. The average Bonchev–Trinajstić information content (AvgIpc) is 2.72. The number of rotatable bonds is 4. The van der Waals surface area contributed by atoms with E-state index in [9.17, 15) is 4.79 Å². The van der Waals surface area contributed by atoms with Crippen LogP contribution in [-0.4, -0.2) is 48.6 Å². The molecular formula is C22H23N3O2. The summed E-state index contributed by atoms with van der Waals surface area (Å²) in [5, 5.41) is 0.877. The van der Waals surface area contributed by atoms with Crippen molar-refractivity contribution in [3.05, 3.63) is 66.4 Å². The molecule has 1 amide bonds. The normalized spacial score (nSPS) is 15.9. The molecule has 0 N–H and O–H groups in total. The Balaban J connectivity index is 1.54. The molecule has 0 spiro atoms. The number of hydrogen-bond donors (Lipinski definition) is 0. The number of hydrogen-bond acceptors (Lipinski definition) is 4. The standard InChI is InChI=1S/C22H23N3O2/c1-3-25-15-16(27-21-12-5-4-11-20(21)25)14-24(2)22(26)18-8-6-10-19-17(18)9-7-13-23-19/h4-13,16H,3,14-15H2,1-2H3/t16-/m1/s1. The van der Waals surface area contributed by atoms with Gasteiger partial charge in [0.15, 0.2) is 0 Å². The van der Waals surface area contributed by atoms with Crippen LogP contribution in [0.3, 0.4) is 0 Å². The number of para-hydroxylation sites is 2. The maximum absolute atomic E-state index is 13.1. The number of carbonyl (C=O) groups excluding carboxylic acids is 1. The smallest absolute Gasteiger partial charge is 0.254 e. The number of amides is 1. The molecule has 1 aliphatic rings. The lowest BCUT2D eigenvalue weighted by molar-refractivity contribution is 0.0711. The van der Waals surface area contributed by atoms with Crippen LogP contribution in [0.25, 0.3) is 10.9 Å². The predicted octanol–water partition coefficient (Wildman–Crippen LogP) is 3.59. The largest absolute Gasteiger partial charge is 0.485 e. The van der Waals surface area contributed by atoms with Gasteiger partial charge in [0, 0.05) is 30.7 Å². The van der Waals surface area contributed by atoms with Gasteiger partial charge >= 0.3 is 0 Å². The minimum absolute atomic E-state index is 0.0147. The lowest BCUT2D eigenvalue weighted by Gasteiger charge is -2.37. The van der Waals surface area contributed by atoms with E-state index in [0.717, 1.165) is 35.4 Å². The van der Waals surface area contributed by atoms with E-state index in [1.807, 2.05) is 55.6 Å². The van der Waals surface area contributed by atoms with Gasteiger partial charge in [-0.2, -0.15) is 0 Å². The SMILES string of the molecule is CCN1C[C@@H](CN(C)C(=O)c2cccc3ncccc23)Oc2ccccc21. The second kappa shape index (κ2) is 7.27. The van der Waals surface area contributed by atoms with Crippen LogP contribution in [0.2, 0.25) is 0 Å². The number of pyridine rings is 1. The molecule has 0 fully saturated rings. The number of fused-ring (bicyclic) bond motifs is 2. The molecule has 0 radical (unpaired) electrons. The topological polar surface area (TPSA) is 45.7 Å². The van der Waals surface area contributed by atoms with Crippen molar-refractivity contribution in [2.24, 2.45) is 0 Å². The number of ether oxygens (including phenoxy) is 1. The number of anilines is 1. The van der Waals surface area contributed by atoms with Gasteiger partial charge in [0.2, 0.25) is 0 Å². The first kappa shape index (κ1) is 17.3. The van der Waals surface area contributed by atoms with Crippen LogP contribution in [0, 0.1) is 0 Å². The highest BCUT2D eigenvalue weighted by Gasteiger charge is 2.27. The van der Waals surface area contributed by atoms with Crippen LogP contribution in [0.15, 0.2) is 60.8 Å². The molecule has 0 saturated carbocycles. The molecule has 138 valence electrons. The summed E-state index contributed by atoms with van der Waals surface area (Å²) in [4.78, 5) is 21.4. The van der Waals surface area contributed by atoms with E-state index < -0.39 is 0 Å². The predicted molar refractivity (Wildman–Crippen MR) is 107 cm³/mol. The maximum Gasteiger partial charge on any atom is 0.254 e. The zero-order chi connectivity index (χ0) is 18.8. The summed E-state index contributed by atoms with van der Waals surface area (Å²) < 4.78 is 6.16. The first-order chi connectivity index (χ1) is 13.2. The Bertz CT molecular complexity index is 967. The Morgan fingerprint density at radius 2 is 2.04 bits per heavy atom. The molecule has 4 rings (SSSR count). The monoisotopic (exact) mass is 361 g/mol. The van der Waals surface area contributed by atoms with Gasteiger partial charge in [-0.3, -0.25) is 9.78 Å². The van der Waals surface area contributed by atoms with Crippen molar-refractivity contribution >= 4 is 22.5 Å². The molecule has 1 aliphatic heterocycles. The van der Waals surface area contributed by atoms with Crippen molar-refractivity contribution < 1.29 is 9.53 Å². The number of aromatic nitrogens is 1. The average molecular weight is 361 g/mol. The van der Waals surface area contributed by atoms with Crippen LogP contribution in [0.1, 0.15) is 17.3 Å². The van der Waals surface area contributed by atoms with E-state index in [-0.39, 0.29) is 12.0 Å². The van der Waals surface area contributed by atoms with Gasteiger partial charge in [-0.15, -0.1) is 0 Å². The molecule has 0 saturated heterocycles. The molecule has 0 unspecified atom stereocenters. The fourth-order valence-corrected chi connectivity index (χ4v) is 3.66. The van der Waals surface area contributed by atoms with E-state index in [2.05, 4.69) is 22.9 Å².